The van der Waals surface area contributed by atoms with Crippen molar-refractivity contribution in [2.45, 2.75) is 25.9 Å². The number of nitrogens with one attached hydrogen (secondary N) is 1. The number of amides is 1. The van der Waals surface area contributed by atoms with Crippen molar-refractivity contribution in [2.75, 3.05) is 0 Å². The highest BCUT2D eigenvalue weighted by Gasteiger charge is 2.21. The molecular formula is C13H18ClN5O. The van der Waals surface area contributed by atoms with E-state index in [1.165, 1.54) is 6.33 Å². The summed E-state index contributed by atoms with van der Waals surface area (Å²) in [6.45, 7) is 3.78. The van der Waals surface area contributed by atoms with Crippen molar-refractivity contribution in [2.24, 2.45) is 5.73 Å². The van der Waals surface area contributed by atoms with E-state index >= 15 is 0 Å². The Balaban J connectivity index is 0.00000200. The number of nitrogens with zero attached hydrogens (tertiary/aromatic N) is 3. The number of hydrogen-bond donors (Lipinski definition) is 2. The first-order valence-electron chi connectivity index (χ1n) is 5.98. The highest BCUT2D eigenvalue weighted by atomic mass is 35.5. The number of benzene rings is 1. The first-order chi connectivity index (χ1) is 8.97. The molecule has 0 fully saturated rings. The number of halogens is 1. The molecule has 2 aromatic rings. The van der Waals surface area contributed by atoms with Crippen molar-refractivity contribution < 1.29 is 4.79 Å². The van der Waals surface area contributed by atoms with Gasteiger partial charge in [0.1, 0.15) is 12.7 Å². The molecule has 0 unspecified atom stereocenters. The Labute approximate surface area is 123 Å². The van der Waals surface area contributed by atoms with Gasteiger partial charge in [-0.25, -0.2) is 9.67 Å². The quantitative estimate of drug-likeness (QED) is 0.882. The molecule has 1 heterocycles. The average molecular weight is 296 g/mol. The molecule has 0 saturated carbocycles. The summed E-state index contributed by atoms with van der Waals surface area (Å²) in [7, 11) is 0. The van der Waals surface area contributed by atoms with Gasteiger partial charge in [-0.1, -0.05) is 12.1 Å². The van der Waals surface area contributed by atoms with Crippen LogP contribution < -0.4 is 11.1 Å². The van der Waals surface area contributed by atoms with Crippen molar-refractivity contribution in [3.05, 3.63) is 42.5 Å². The minimum absolute atomic E-state index is 0. The minimum Gasteiger partial charge on any atom is -0.350 e. The van der Waals surface area contributed by atoms with Crippen LogP contribution in [0, 0.1) is 0 Å². The molecule has 0 saturated heterocycles. The highest BCUT2D eigenvalue weighted by Crippen LogP contribution is 2.09. The van der Waals surface area contributed by atoms with Crippen LogP contribution in [0.25, 0.3) is 5.69 Å². The maximum atomic E-state index is 11.7. The Kier molecular flexibility index (Phi) is 5.24. The molecule has 6 nitrogen and oxygen atoms in total. The van der Waals surface area contributed by atoms with Crippen LogP contribution in [0.2, 0.25) is 0 Å². The third kappa shape index (κ3) is 4.04. The van der Waals surface area contributed by atoms with Crippen molar-refractivity contribution >= 4 is 18.3 Å². The second-order valence-corrected chi connectivity index (χ2v) is 4.91. The minimum atomic E-state index is -0.872. The molecule has 7 heteroatoms. The zero-order valence-electron chi connectivity index (χ0n) is 11.4. The molecule has 0 aliphatic rings. The van der Waals surface area contributed by atoms with E-state index in [1.807, 2.05) is 24.3 Å². The smallest absolute Gasteiger partial charge is 0.239 e. The molecule has 1 amide bonds. The second-order valence-electron chi connectivity index (χ2n) is 4.91. The SMILES string of the molecule is CC(C)(N)C(=O)NCc1cccc(-n2cncn2)c1.Cl. The van der Waals surface area contributed by atoms with Crippen molar-refractivity contribution in [3.8, 4) is 5.69 Å². The molecule has 3 N–H and O–H groups in total. The standard InChI is InChI=1S/C13H17N5O.ClH/c1-13(2,14)12(19)16-7-10-4-3-5-11(6-10)18-9-15-8-17-18;/h3-6,8-9H,7,14H2,1-2H3,(H,16,19);1H. The van der Waals surface area contributed by atoms with Crippen LogP contribution in [0.4, 0.5) is 0 Å². The van der Waals surface area contributed by atoms with E-state index < -0.39 is 5.54 Å². The molecule has 2 rings (SSSR count). The van der Waals surface area contributed by atoms with Gasteiger partial charge in [-0.15, -0.1) is 12.4 Å². The van der Waals surface area contributed by atoms with Crippen molar-refractivity contribution in [3.63, 3.8) is 0 Å². The number of carbonyl (C=O) groups excluding carboxylic acids is 1. The zero-order valence-corrected chi connectivity index (χ0v) is 12.2. The number of hydrogen-bond acceptors (Lipinski definition) is 4. The molecule has 0 aliphatic heterocycles. The maximum absolute atomic E-state index is 11.7. The Morgan fingerprint density at radius 1 is 1.45 bits per heavy atom. The van der Waals surface area contributed by atoms with Gasteiger partial charge in [0.2, 0.25) is 5.91 Å². The van der Waals surface area contributed by atoms with Gasteiger partial charge in [-0.2, -0.15) is 5.10 Å². The second kappa shape index (κ2) is 6.49. The van der Waals surface area contributed by atoms with E-state index in [9.17, 15) is 4.79 Å². The lowest BCUT2D eigenvalue weighted by Gasteiger charge is -2.17. The maximum Gasteiger partial charge on any atom is 0.239 e. The fourth-order valence-corrected chi connectivity index (χ4v) is 1.56. The summed E-state index contributed by atoms with van der Waals surface area (Å²) >= 11 is 0. The normalized spacial score (nSPS) is 10.8. The number of aromatic nitrogens is 3. The lowest BCUT2D eigenvalue weighted by atomic mass is 10.1. The lowest BCUT2D eigenvalue weighted by Crippen LogP contribution is -2.48. The first kappa shape index (κ1) is 16.1. The summed E-state index contributed by atoms with van der Waals surface area (Å²) in [6.07, 6.45) is 3.10. The summed E-state index contributed by atoms with van der Waals surface area (Å²) in [5.74, 6) is -0.182. The van der Waals surface area contributed by atoms with Gasteiger partial charge in [0.15, 0.2) is 0 Å². The van der Waals surface area contributed by atoms with Gasteiger partial charge < -0.3 is 11.1 Å². The monoisotopic (exact) mass is 295 g/mol. The summed E-state index contributed by atoms with van der Waals surface area (Å²) < 4.78 is 1.66. The summed E-state index contributed by atoms with van der Waals surface area (Å²) in [4.78, 5) is 15.6. The van der Waals surface area contributed by atoms with E-state index in [0.717, 1.165) is 11.3 Å². The molecule has 108 valence electrons. The molecule has 0 atom stereocenters. The molecular weight excluding hydrogens is 278 g/mol. The Morgan fingerprint density at radius 3 is 2.80 bits per heavy atom. The predicted molar refractivity (Wildman–Crippen MR) is 78.7 cm³/mol. The predicted octanol–water partition coefficient (Wildman–Crippen LogP) is 1.04. The molecule has 0 bridgehead atoms. The largest absolute Gasteiger partial charge is 0.350 e. The third-order valence-electron chi connectivity index (χ3n) is 2.63. The molecule has 0 radical (unpaired) electrons. The van der Waals surface area contributed by atoms with Crippen LogP contribution in [-0.4, -0.2) is 26.2 Å². The number of carbonyl (C=O) groups is 1. The Morgan fingerprint density at radius 2 is 2.20 bits per heavy atom. The van der Waals surface area contributed by atoms with Gasteiger partial charge in [0, 0.05) is 6.54 Å². The molecule has 1 aromatic carbocycles. The van der Waals surface area contributed by atoms with E-state index in [0.29, 0.717) is 6.54 Å². The highest BCUT2D eigenvalue weighted by molar-refractivity contribution is 5.85. The zero-order chi connectivity index (χ0) is 13.9. The van der Waals surface area contributed by atoms with Gasteiger partial charge in [-0.3, -0.25) is 4.79 Å². The van der Waals surface area contributed by atoms with Gasteiger partial charge in [0.25, 0.3) is 0 Å². The van der Waals surface area contributed by atoms with Crippen LogP contribution >= 0.6 is 12.4 Å². The average Bonchev–Trinajstić information content (AvgIpc) is 2.89. The summed E-state index contributed by atoms with van der Waals surface area (Å²) in [6, 6.07) is 7.71. The number of nitrogens with two attached hydrogens (primary N) is 1. The van der Waals surface area contributed by atoms with Crippen LogP contribution in [0.5, 0.6) is 0 Å². The molecule has 0 spiro atoms. The van der Waals surface area contributed by atoms with Crippen LogP contribution in [-0.2, 0) is 11.3 Å². The topological polar surface area (TPSA) is 85.8 Å². The fourth-order valence-electron chi connectivity index (χ4n) is 1.56. The van der Waals surface area contributed by atoms with E-state index in [4.69, 9.17) is 5.73 Å². The van der Waals surface area contributed by atoms with Gasteiger partial charge in [0.05, 0.1) is 11.2 Å². The molecule has 1 aromatic heterocycles. The lowest BCUT2D eigenvalue weighted by molar-refractivity contribution is -0.125. The molecule has 0 aliphatic carbocycles. The first-order valence-corrected chi connectivity index (χ1v) is 5.98. The fraction of sp³-hybridized carbons (Fsp3) is 0.308. The van der Waals surface area contributed by atoms with E-state index in [1.54, 1.807) is 24.9 Å². The van der Waals surface area contributed by atoms with E-state index in [2.05, 4.69) is 15.4 Å². The van der Waals surface area contributed by atoms with Crippen LogP contribution in [0.15, 0.2) is 36.9 Å². The van der Waals surface area contributed by atoms with Gasteiger partial charge >= 0.3 is 0 Å². The number of rotatable bonds is 4. The molecule has 20 heavy (non-hydrogen) atoms. The summed E-state index contributed by atoms with van der Waals surface area (Å²) in [5, 5.41) is 6.86. The van der Waals surface area contributed by atoms with Gasteiger partial charge in [-0.05, 0) is 31.5 Å². The van der Waals surface area contributed by atoms with E-state index in [-0.39, 0.29) is 18.3 Å². The van der Waals surface area contributed by atoms with Crippen LogP contribution in [0.3, 0.4) is 0 Å². The van der Waals surface area contributed by atoms with Crippen LogP contribution in [0.1, 0.15) is 19.4 Å². The Bertz CT molecular complexity index is 562. The Hall–Kier alpha value is -1.92. The van der Waals surface area contributed by atoms with Crippen molar-refractivity contribution in [1.82, 2.24) is 20.1 Å². The van der Waals surface area contributed by atoms with Crippen molar-refractivity contribution in [1.29, 1.82) is 0 Å². The third-order valence-corrected chi connectivity index (χ3v) is 2.63. The summed E-state index contributed by atoms with van der Waals surface area (Å²) in [5.41, 5.74) is 6.72.